The maximum absolute atomic E-state index is 11.9. The van der Waals surface area contributed by atoms with Gasteiger partial charge in [-0.2, -0.15) is 0 Å². The van der Waals surface area contributed by atoms with Gasteiger partial charge in [0, 0.05) is 19.2 Å². The van der Waals surface area contributed by atoms with Crippen LogP contribution in [-0.2, 0) is 22.6 Å². The van der Waals surface area contributed by atoms with E-state index in [4.69, 9.17) is 14.3 Å². The molecule has 0 saturated heterocycles. The first-order chi connectivity index (χ1) is 10.6. The highest BCUT2D eigenvalue weighted by Crippen LogP contribution is 2.17. The standard InChI is InChI=1S/C16H17NO5/c1-21-9-12-6-13(16(19)20)8-14(7-12)17-15(18)3-2-11-4-5-22-10-11/h4-8,10H,2-3,9H2,1H3,(H,17,18)(H,19,20). The van der Waals surface area contributed by atoms with Gasteiger partial charge in [0.05, 0.1) is 24.7 Å². The molecule has 0 fully saturated rings. The van der Waals surface area contributed by atoms with Crippen molar-refractivity contribution in [3.8, 4) is 0 Å². The average Bonchev–Trinajstić information content (AvgIpc) is 2.98. The first kappa shape index (κ1) is 15.8. The lowest BCUT2D eigenvalue weighted by molar-refractivity contribution is -0.116. The molecule has 2 N–H and O–H groups in total. The Morgan fingerprint density at radius 3 is 2.73 bits per heavy atom. The number of amides is 1. The van der Waals surface area contributed by atoms with Crippen LogP contribution >= 0.6 is 0 Å². The topological polar surface area (TPSA) is 88.8 Å². The first-order valence-electron chi connectivity index (χ1n) is 6.75. The molecule has 2 aromatic rings. The van der Waals surface area contributed by atoms with Gasteiger partial charge in [-0.25, -0.2) is 4.79 Å². The zero-order chi connectivity index (χ0) is 15.9. The molecule has 0 aliphatic heterocycles. The number of carbonyl (C=O) groups excluding carboxylic acids is 1. The van der Waals surface area contributed by atoms with Crippen molar-refractivity contribution in [2.75, 3.05) is 12.4 Å². The summed E-state index contributed by atoms with van der Waals surface area (Å²) < 4.78 is 9.94. The average molecular weight is 303 g/mol. The normalized spacial score (nSPS) is 10.4. The molecular weight excluding hydrogens is 286 g/mol. The summed E-state index contributed by atoms with van der Waals surface area (Å²) in [6.45, 7) is 0.277. The molecule has 1 aromatic heterocycles. The fraction of sp³-hybridized carbons (Fsp3) is 0.250. The molecule has 116 valence electrons. The number of hydrogen-bond donors (Lipinski definition) is 2. The molecule has 0 spiro atoms. The number of benzene rings is 1. The van der Waals surface area contributed by atoms with E-state index < -0.39 is 5.97 Å². The smallest absolute Gasteiger partial charge is 0.335 e. The minimum atomic E-state index is -1.05. The Balaban J connectivity index is 2.03. The zero-order valence-electron chi connectivity index (χ0n) is 12.2. The highest BCUT2D eigenvalue weighted by Gasteiger charge is 2.10. The van der Waals surface area contributed by atoms with Crippen LogP contribution in [0.1, 0.15) is 27.9 Å². The molecule has 1 heterocycles. The second-order valence-electron chi connectivity index (χ2n) is 4.84. The molecule has 22 heavy (non-hydrogen) atoms. The molecule has 0 radical (unpaired) electrons. The van der Waals surface area contributed by atoms with E-state index in [1.165, 1.54) is 19.2 Å². The summed E-state index contributed by atoms with van der Waals surface area (Å²) >= 11 is 0. The number of carboxylic acids is 1. The second-order valence-corrected chi connectivity index (χ2v) is 4.84. The lowest BCUT2D eigenvalue weighted by Crippen LogP contribution is -2.13. The maximum atomic E-state index is 11.9. The van der Waals surface area contributed by atoms with Gasteiger partial charge < -0.3 is 19.6 Å². The molecule has 2 rings (SSSR count). The zero-order valence-corrected chi connectivity index (χ0v) is 12.2. The van der Waals surface area contributed by atoms with Gasteiger partial charge in [-0.05, 0) is 41.8 Å². The van der Waals surface area contributed by atoms with E-state index in [0.29, 0.717) is 17.7 Å². The van der Waals surface area contributed by atoms with Gasteiger partial charge in [0.25, 0.3) is 0 Å². The highest BCUT2D eigenvalue weighted by molar-refractivity contribution is 5.94. The van der Waals surface area contributed by atoms with E-state index in [2.05, 4.69) is 5.32 Å². The fourth-order valence-electron chi connectivity index (χ4n) is 2.05. The summed E-state index contributed by atoms with van der Waals surface area (Å²) in [4.78, 5) is 23.1. The minimum absolute atomic E-state index is 0.111. The number of nitrogens with one attached hydrogen (secondary N) is 1. The molecule has 0 unspecified atom stereocenters. The Labute approximate surface area is 127 Å². The van der Waals surface area contributed by atoms with Gasteiger partial charge in [-0.15, -0.1) is 0 Å². The minimum Gasteiger partial charge on any atom is -0.478 e. The van der Waals surface area contributed by atoms with E-state index in [9.17, 15) is 9.59 Å². The van der Waals surface area contributed by atoms with Gasteiger partial charge >= 0.3 is 5.97 Å². The quantitative estimate of drug-likeness (QED) is 0.821. The summed E-state index contributed by atoms with van der Waals surface area (Å²) in [5.41, 5.74) is 2.19. The molecule has 0 atom stereocenters. The van der Waals surface area contributed by atoms with Gasteiger partial charge in [0.2, 0.25) is 5.91 Å². The number of hydrogen-bond acceptors (Lipinski definition) is 4. The number of methoxy groups -OCH3 is 1. The Morgan fingerprint density at radius 2 is 2.09 bits per heavy atom. The van der Waals surface area contributed by atoms with Gasteiger partial charge in [0.1, 0.15) is 0 Å². The number of carbonyl (C=O) groups is 2. The Kier molecular flexibility index (Phi) is 5.32. The molecule has 0 saturated carbocycles. The number of furan rings is 1. The molecule has 6 nitrogen and oxygen atoms in total. The van der Waals surface area contributed by atoms with Crippen molar-refractivity contribution >= 4 is 17.6 Å². The summed E-state index contributed by atoms with van der Waals surface area (Å²) in [7, 11) is 1.52. The van der Waals surface area contributed by atoms with Crippen LogP contribution in [0.4, 0.5) is 5.69 Å². The summed E-state index contributed by atoms with van der Waals surface area (Å²) in [5.74, 6) is -1.24. The highest BCUT2D eigenvalue weighted by atomic mass is 16.5. The maximum Gasteiger partial charge on any atom is 0.335 e. The molecular formula is C16H17NO5. The van der Waals surface area contributed by atoms with E-state index in [1.807, 2.05) is 0 Å². The molecule has 0 bridgehead atoms. The monoisotopic (exact) mass is 303 g/mol. The van der Waals surface area contributed by atoms with Crippen molar-refractivity contribution in [2.45, 2.75) is 19.4 Å². The van der Waals surface area contributed by atoms with Crippen molar-refractivity contribution in [3.63, 3.8) is 0 Å². The van der Waals surface area contributed by atoms with Crippen molar-refractivity contribution in [3.05, 3.63) is 53.5 Å². The summed E-state index contributed by atoms with van der Waals surface area (Å²) in [6, 6.07) is 6.45. The third-order valence-corrected chi connectivity index (χ3v) is 3.06. The van der Waals surface area contributed by atoms with Gasteiger partial charge in [-0.3, -0.25) is 4.79 Å². The lowest BCUT2D eigenvalue weighted by Gasteiger charge is -2.09. The van der Waals surface area contributed by atoms with Crippen LogP contribution in [0.2, 0.25) is 0 Å². The third-order valence-electron chi connectivity index (χ3n) is 3.06. The predicted molar refractivity (Wildman–Crippen MR) is 79.8 cm³/mol. The predicted octanol–water partition coefficient (Wildman–Crippen LogP) is 2.70. The number of aryl methyl sites for hydroxylation is 1. The Morgan fingerprint density at radius 1 is 1.27 bits per heavy atom. The van der Waals surface area contributed by atoms with Crippen LogP contribution < -0.4 is 5.32 Å². The van der Waals surface area contributed by atoms with Crippen LogP contribution in [0.5, 0.6) is 0 Å². The van der Waals surface area contributed by atoms with Crippen molar-refractivity contribution in [1.82, 2.24) is 0 Å². The van der Waals surface area contributed by atoms with Crippen LogP contribution in [-0.4, -0.2) is 24.1 Å². The van der Waals surface area contributed by atoms with E-state index >= 15 is 0 Å². The second kappa shape index (κ2) is 7.42. The van der Waals surface area contributed by atoms with Crippen LogP contribution in [0.15, 0.2) is 41.2 Å². The van der Waals surface area contributed by atoms with Gasteiger partial charge in [0.15, 0.2) is 0 Å². The largest absolute Gasteiger partial charge is 0.478 e. The first-order valence-corrected chi connectivity index (χ1v) is 6.75. The van der Waals surface area contributed by atoms with Crippen LogP contribution in [0.25, 0.3) is 0 Å². The molecule has 1 amide bonds. The van der Waals surface area contributed by atoms with Gasteiger partial charge in [-0.1, -0.05) is 0 Å². The Hall–Kier alpha value is -2.60. The van der Waals surface area contributed by atoms with Crippen LogP contribution in [0.3, 0.4) is 0 Å². The fourth-order valence-corrected chi connectivity index (χ4v) is 2.05. The van der Waals surface area contributed by atoms with E-state index in [-0.39, 0.29) is 24.5 Å². The number of aromatic carboxylic acids is 1. The van der Waals surface area contributed by atoms with Crippen LogP contribution in [0, 0.1) is 0 Å². The molecule has 6 heteroatoms. The number of carboxylic acid groups (broad SMARTS) is 1. The SMILES string of the molecule is COCc1cc(NC(=O)CCc2ccoc2)cc(C(=O)O)c1. The Bertz CT molecular complexity index is 649. The summed E-state index contributed by atoms with van der Waals surface area (Å²) in [6.07, 6.45) is 4.00. The lowest BCUT2D eigenvalue weighted by atomic mass is 10.1. The van der Waals surface area contributed by atoms with Crippen molar-refractivity contribution in [1.29, 1.82) is 0 Å². The molecule has 0 aliphatic carbocycles. The number of rotatable bonds is 7. The molecule has 1 aromatic carbocycles. The third kappa shape index (κ3) is 4.46. The molecule has 0 aliphatic rings. The van der Waals surface area contributed by atoms with E-state index in [1.54, 1.807) is 24.7 Å². The van der Waals surface area contributed by atoms with Crippen molar-refractivity contribution < 1.29 is 23.8 Å². The van der Waals surface area contributed by atoms with Crippen molar-refractivity contribution in [2.24, 2.45) is 0 Å². The summed E-state index contributed by atoms with van der Waals surface area (Å²) in [5, 5.41) is 11.8. The number of ether oxygens (including phenoxy) is 1. The van der Waals surface area contributed by atoms with E-state index in [0.717, 1.165) is 5.56 Å². The number of anilines is 1.